The summed E-state index contributed by atoms with van der Waals surface area (Å²) < 4.78 is 12.6. The van der Waals surface area contributed by atoms with Crippen LogP contribution >= 0.6 is 0 Å². The molecule has 3 heterocycles. The number of carbonyl (C=O) groups is 3. The van der Waals surface area contributed by atoms with Crippen molar-refractivity contribution < 1.29 is 29.0 Å². The molecule has 0 aromatic heterocycles. The van der Waals surface area contributed by atoms with Gasteiger partial charge in [0.05, 0.1) is 30.8 Å². The lowest BCUT2D eigenvalue weighted by molar-refractivity contribution is -0.164. The molecule has 3 fully saturated rings. The zero-order valence-electron chi connectivity index (χ0n) is 24.5. The predicted octanol–water partition coefficient (Wildman–Crippen LogP) is 4.26. The van der Waals surface area contributed by atoms with Crippen LogP contribution in [0, 0.1) is 17.8 Å². The number of carbonyl (C=O) groups excluding carboxylic acids is 3. The number of esters is 1. The molecule has 2 bridgehead atoms. The zero-order valence-corrected chi connectivity index (χ0v) is 24.5. The van der Waals surface area contributed by atoms with Gasteiger partial charge in [0.15, 0.2) is 0 Å². The van der Waals surface area contributed by atoms with E-state index in [0.29, 0.717) is 32.4 Å². The topological polar surface area (TPSA) is 96.4 Å². The van der Waals surface area contributed by atoms with Crippen molar-refractivity contribution in [1.82, 2.24) is 9.80 Å². The molecule has 0 aliphatic carbocycles. The van der Waals surface area contributed by atoms with Gasteiger partial charge in [-0.05, 0) is 50.9 Å². The van der Waals surface area contributed by atoms with E-state index in [0.717, 1.165) is 38.5 Å². The SMILES string of the molecule is C=CCCCCOC(=O)[C@@H]1[C@H]2C(=O)N([C@@H](CO)[C@@H](C)CC)C(C(=O)N(CC=C)CCCC)C23CC[C@@]1(CC)O3. The number of ether oxygens (including phenoxy) is 2. The monoisotopic (exact) mass is 546 g/mol. The van der Waals surface area contributed by atoms with Gasteiger partial charge in [-0.25, -0.2) is 0 Å². The molecule has 0 radical (unpaired) electrons. The summed E-state index contributed by atoms with van der Waals surface area (Å²) in [4.78, 5) is 45.8. The maximum atomic E-state index is 14.4. The zero-order chi connectivity index (χ0) is 28.8. The van der Waals surface area contributed by atoms with Crippen LogP contribution in [-0.2, 0) is 23.9 Å². The van der Waals surface area contributed by atoms with Crippen LogP contribution in [0.5, 0.6) is 0 Å². The lowest BCUT2D eigenvalue weighted by atomic mass is 9.65. The number of hydrogen-bond acceptors (Lipinski definition) is 6. The van der Waals surface area contributed by atoms with Gasteiger partial charge in [0.2, 0.25) is 11.8 Å². The molecular formula is C31H50N2O6. The van der Waals surface area contributed by atoms with Crippen LogP contribution in [0.3, 0.4) is 0 Å². The Morgan fingerprint density at radius 2 is 1.95 bits per heavy atom. The number of aliphatic hydroxyl groups excluding tert-OH is 1. The number of rotatable bonds is 17. The van der Waals surface area contributed by atoms with Gasteiger partial charge in [-0.2, -0.15) is 0 Å². The van der Waals surface area contributed by atoms with Crippen molar-refractivity contribution in [3.63, 3.8) is 0 Å². The molecule has 2 unspecified atom stereocenters. The normalized spacial score (nSPS) is 30.6. The lowest BCUT2D eigenvalue weighted by Crippen LogP contribution is -2.60. The first-order valence-corrected chi connectivity index (χ1v) is 15.0. The third-order valence-corrected chi connectivity index (χ3v) is 9.44. The molecule has 8 nitrogen and oxygen atoms in total. The van der Waals surface area contributed by atoms with Gasteiger partial charge in [-0.3, -0.25) is 14.4 Å². The number of amides is 2. The van der Waals surface area contributed by atoms with E-state index < -0.39 is 41.1 Å². The third-order valence-electron chi connectivity index (χ3n) is 9.44. The van der Waals surface area contributed by atoms with Gasteiger partial charge in [0.25, 0.3) is 0 Å². The van der Waals surface area contributed by atoms with Crippen molar-refractivity contribution in [2.24, 2.45) is 17.8 Å². The van der Waals surface area contributed by atoms with E-state index in [1.807, 2.05) is 26.8 Å². The minimum absolute atomic E-state index is 0.0411. The largest absolute Gasteiger partial charge is 0.465 e. The highest BCUT2D eigenvalue weighted by Gasteiger charge is 2.79. The summed E-state index contributed by atoms with van der Waals surface area (Å²) in [6, 6.07) is -1.46. The minimum Gasteiger partial charge on any atom is -0.465 e. The van der Waals surface area contributed by atoms with E-state index >= 15 is 0 Å². The van der Waals surface area contributed by atoms with Crippen LogP contribution in [0.15, 0.2) is 25.3 Å². The number of likely N-dealkylation sites (tertiary alicyclic amines) is 1. The van der Waals surface area contributed by atoms with Gasteiger partial charge in [0.1, 0.15) is 17.6 Å². The first kappa shape index (κ1) is 31.3. The average molecular weight is 547 g/mol. The van der Waals surface area contributed by atoms with Crippen molar-refractivity contribution >= 4 is 17.8 Å². The van der Waals surface area contributed by atoms with Crippen LogP contribution in [0.1, 0.15) is 85.5 Å². The van der Waals surface area contributed by atoms with Crippen LogP contribution in [0.2, 0.25) is 0 Å². The molecule has 0 aromatic rings. The van der Waals surface area contributed by atoms with Gasteiger partial charge in [-0.15, -0.1) is 13.2 Å². The Hall–Kier alpha value is -2.19. The van der Waals surface area contributed by atoms with Crippen molar-refractivity contribution in [2.45, 2.75) is 109 Å². The highest BCUT2D eigenvalue weighted by molar-refractivity contribution is 5.98. The Bertz CT molecular complexity index is 908. The molecule has 2 amide bonds. The highest BCUT2D eigenvalue weighted by Crippen LogP contribution is 2.65. The second kappa shape index (κ2) is 13.4. The van der Waals surface area contributed by atoms with Gasteiger partial charge in [-0.1, -0.05) is 52.7 Å². The fraction of sp³-hybridized carbons (Fsp3) is 0.774. The van der Waals surface area contributed by atoms with Gasteiger partial charge in [0, 0.05) is 13.1 Å². The Kier molecular flexibility index (Phi) is 10.8. The van der Waals surface area contributed by atoms with Crippen LogP contribution in [0.25, 0.3) is 0 Å². The summed E-state index contributed by atoms with van der Waals surface area (Å²) in [5, 5.41) is 10.5. The van der Waals surface area contributed by atoms with Crippen molar-refractivity contribution in [2.75, 3.05) is 26.3 Å². The fourth-order valence-electron chi connectivity index (χ4n) is 7.09. The van der Waals surface area contributed by atoms with E-state index in [2.05, 4.69) is 20.1 Å². The Morgan fingerprint density at radius 3 is 2.54 bits per heavy atom. The smallest absolute Gasteiger partial charge is 0.312 e. The lowest BCUT2D eigenvalue weighted by Gasteiger charge is -2.41. The Morgan fingerprint density at radius 1 is 1.21 bits per heavy atom. The van der Waals surface area contributed by atoms with Crippen LogP contribution in [-0.4, -0.2) is 82.3 Å². The molecular weight excluding hydrogens is 496 g/mol. The molecule has 3 saturated heterocycles. The van der Waals surface area contributed by atoms with Crippen molar-refractivity contribution in [3.8, 4) is 0 Å². The summed E-state index contributed by atoms with van der Waals surface area (Å²) >= 11 is 0. The Labute approximate surface area is 234 Å². The molecule has 1 N–H and O–H groups in total. The number of unbranched alkanes of at least 4 members (excludes halogenated alkanes) is 3. The predicted molar refractivity (Wildman–Crippen MR) is 151 cm³/mol. The summed E-state index contributed by atoms with van der Waals surface area (Å²) in [7, 11) is 0. The summed E-state index contributed by atoms with van der Waals surface area (Å²) in [6.45, 7) is 16.5. The number of hydrogen-bond donors (Lipinski definition) is 1. The molecule has 1 spiro atoms. The quantitative estimate of drug-likeness (QED) is 0.166. The molecule has 8 heteroatoms. The summed E-state index contributed by atoms with van der Waals surface area (Å²) in [6.07, 6.45) is 10.1. The number of fused-ring (bicyclic) bond motifs is 1. The van der Waals surface area contributed by atoms with E-state index in [4.69, 9.17) is 9.47 Å². The molecule has 0 aromatic carbocycles. The number of allylic oxidation sites excluding steroid dienone is 1. The van der Waals surface area contributed by atoms with Crippen molar-refractivity contribution in [3.05, 3.63) is 25.3 Å². The first-order chi connectivity index (χ1) is 18.7. The maximum absolute atomic E-state index is 14.4. The number of nitrogens with zero attached hydrogens (tertiary/aromatic N) is 2. The van der Waals surface area contributed by atoms with Crippen LogP contribution in [0.4, 0.5) is 0 Å². The average Bonchev–Trinajstić information content (AvgIpc) is 3.54. The molecule has 3 rings (SSSR count). The van der Waals surface area contributed by atoms with Crippen molar-refractivity contribution in [1.29, 1.82) is 0 Å². The molecule has 220 valence electrons. The summed E-state index contributed by atoms with van der Waals surface area (Å²) in [5.74, 6) is -2.50. The minimum atomic E-state index is -1.12. The molecule has 7 atom stereocenters. The van der Waals surface area contributed by atoms with Gasteiger partial charge >= 0.3 is 5.97 Å². The summed E-state index contributed by atoms with van der Waals surface area (Å²) in [5.41, 5.74) is -1.95. The maximum Gasteiger partial charge on any atom is 0.312 e. The molecule has 0 saturated carbocycles. The molecule has 3 aliphatic rings. The molecule has 3 aliphatic heterocycles. The second-order valence-electron chi connectivity index (χ2n) is 11.6. The van der Waals surface area contributed by atoms with Crippen LogP contribution < -0.4 is 0 Å². The van der Waals surface area contributed by atoms with Gasteiger partial charge < -0.3 is 24.4 Å². The first-order valence-electron chi connectivity index (χ1n) is 15.0. The third kappa shape index (κ3) is 5.56. The van der Waals surface area contributed by atoms with E-state index in [1.54, 1.807) is 15.9 Å². The fourth-order valence-corrected chi connectivity index (χ4v) is 7.09. The van der Waals surface area contributed by atoms with E-state index in [9.17, 15) is 19.5 Å². The van der Waals surface area contributed by atoms with E-state index in [-0.39, 0.29) is 30.9 Å². The van der Waals surface area contributed by atoms with E-state index in [1.165, 1.54) is 0 Å². The number of aliphatic hydroxyl groups is 1. The molecule has 39 heavy (non-hydrogen) atoms. The standard InChI is InChI=1S/C31H50N2O6/c1-7-12-14-15-20-38-29(37)25-24-27(35)33(23(21-34)22(6)10-4)26(28(36)32(18-9-3)19-13-8-2)31(24)17-16-30(25,11-5)39-31/h7,9,22-26,34H,1,3,8,10-21H2,2,4-6H3/t22-,23-,24-,25-,26?,30+,31?/m0/s1. The highest BCUT2D eigenvalue weighted by atomic mass is 16.6. The Balaban J connectivity index is 2.05. The second-order valence-corrected chi connectivity index (χ2v) is 11.6.